The molecule has 1 atom stereocenters. The van der Waals surface area contributed by atoms with Gasteiger partial charge in [0.2, 0.25) is 0 Å². The number of hydrogen-bond donors (Lipinski definition) is 1. The van der Waals surface area contributed by atoms with Crippen LogP contribution in [0.1, 0.15) is 59.0 Å². The lowest BCUT2D eigenvalue weighted by atomic mass is 9.86. The van der Waals surface area contributed by atoms with Crippen LogP contribution in [-0.2, 0) is 11.3 Å². The number of benzene rings is 1. The summed E-state index contributed by atoms with van der Waals surface area (Å²) < 4.78 is 7.59. The zero-order valence-electron chi connectivity index (χ0n) is 19.1. The van der Waals surface area contributed by atoms with Crippen LogP contribution in [0.5, 0.6) is 0 Å². The largest absolute Gasteiger partial charge is 0.444 e. The normalized spacial score (nSPS) is 13.0. The fourth-order valence-electron chi connectivity index (χ4n) is 3.22. The van der Waals surface area contributed by atoms with E-state index >= 15 is 0 Å². The molecule has 2 aromatic heterocycles. The number of carbonyl (C=O) groups excluding carboxylic acids is 1. The van der Waals surface area contributed by atoms with Crippen LogP contribution in [0, 0.1) is 5.41 Å². The second kappa shape index (κ2) is 8.88. The van der Waals surface area contributed by atoms with Gasteiger partial charge in [-0.05, 0) is 31.7 Å². The first-order valence-electron chi connectivity index (χ1n) is 10.4. The van der Waals surface area contributed by atoms with Gasteiger partial charge in [-0.1, -0.05) is 51.1 Å². The first-order valence-corrected chi connectivity index (χ1v) is 10.4. The molecule has 0 aliphatic heterocycles. The highest BCUT2D eigenvalue weighted by atomic mass is 16.6. The average Bonchev–Trinajstić information content (AvgIpc) is 3.08. The van der Waals surface area contributed by atoms with Gasteiger partial charge in [0.15, 0.2) is 0 Å². The monoisotopic (exact) mass is 421 g/mol. The Labute approximate surface area is 183 Å². The molecule has 2 heterocycles. The number of aromatic nitrogens is 4. The lowest BCUT2D eigenvalue weighted by molar-refractivity contribution is 0.0456. The summed E-state index contributed by atoms with van der Waals surface area (Å²) in [6, 6.07) is 9.77. The molecule has 0 fully saturated rings. The van der Waals surface area contributed by atoms with Crippen LogP contribution in [0.4, 0.5) is 4.79 Å². The highest BCUT2D eigenvalue weighted by Crippen LogP contribution is 2.34. The summed E-state index contributed by atoms with van der Waals surface area (Å²) in [5.41, 5.74) is 1.63. The summed E-state index contributed by atoms with van der Waals surface area (Å²) in [6.07, 6.45) is 6.45. The third-order valence-corrected chi connectivity index (χ3v) is 4.61. The fourth-order valence-corrected chi connectivity index (χ4v) is 3.22. The van der Waals surface area contributed by atoms with E-state index in [-0.39, 0.29) is 11.5 Å². The van der Waals surface area contributed by atoms with Gasteiger partial charge >= 0.3 is 6.09 Å². The van der Waals surface area contributed by atoms with E-state index in [2.05, 4.69) is 52.8 Å². The molecule has 0 bridgehead atoms. The number of imidazole rings is 1. The number of amides is 1. The molecule has 31 heavy (non-hydrogen) atoms. The summed E-state index contributed by atoms with van der Waals surface area (Å²) in [7, 11) is 0. The smallest absolute Gasteiger partial charge is 0.408 e. The Bertz CT molecular complexity index is 1000. The molecule has 7 heteroatoms. The number of rotatable bonds is 5. The van der Waals surface area contributed by atoms with Crippen LogP contribution in [0.15, 0.2) is 55.1 Å². The van der Waals surface area contributed by atoms with Crippen molar-refractivity contribution in [2.45, 2.75) is 59.7 Å². The highest BCUT2D eigenvalue weighted by Gasteiger charge is 2.33. The maximum absolute atomic E-state index is 12.6. The predicted molar refractivity (Wildman–Crippen MR) is 120 cm³/mol. The maximum atomic E-state index is 12.6. The van der Waals surface area contributed by atoms with Crippen molar-refractivity contribution in [2.75, 3.05) is 0 Å². The van der Waals surface area contributed by atoms with E-state index in [0.717, 1.165) is 11.4 Å². The standard InChI is InChI=1S/C24H31N5O2/c1-23(2,3)20(28-22(30)31-24(4,5)6)21-27-19(18-14-25-12-13-26-18)16-29(21)15-17-10-8-7-9-11-17/h7-14,16,20H,15H2,1-6H3,(H,28,30). The lowest BCUT2D eigenvalue weighted by Crippen LogP contribution is -2.41. The Balaban J connectivity index is 2.03. The van der Waals surface area contributed by atoms with E-state index in [9.17, 15) is 4.79 Å². The quantitative estimate of drug-likeness (QED) is 0.627. The minimum Gasteiger partial charge on any atom is -0.444 e. The Hall–Kier alpha value is -3.22. The molecule has 1 unspecified atom stereocenters. The molecule has 0 spiro atoms. The molecular formula is C24H31N5O2. The van der Waals surface area contributed by atoms with Crippen LogP contribution in [0.2, 0.25) is 0 Å². The molecule has 0 saturated carbocycles. The number of nitrogens with zero attached hydrogens (tertiary/aromatic N) is 4. The van der Waals surface area contributed by atoms with Crippen molar-refractivity contribution in [3.8, 4) is 11.4 Å². The molecule has 3 rings (SSSR count). The molecule has 0 aliphatic carbocycles. The van der Waals surface area contributed by atoms with Crippen LogP contribution < -0.4 is 5.32 Å². The topological polar surface area (TPSA) is 81.9 Å². The SMILES string of the molecule is CC(C)(C)OC(=O)NC(c1nc(-c2cnccn2)cn1Cc1ccccc1)C(C)(C)C. The molecule has 1 amide bonds. The summed E-state index contributed by atoms with van der Waals surface area (Å²) in [4.78, 5) is 26.1. The van der Waals surface area contributed by atoms with E-state index < -0.39 is 11.7 Å². The van der Waals surface area contributed by atoms with Crippen molar-refractivity contribution in [3.63, 3.8) is 0 Å². The summed E-state index contributed by atoms with van der Waals surface area (Å²) in [5.74, 6) is 0.739. The maximum Gasteiger partial charge on any atom is 0.408 e. The van der Waals surface area contributed by atoms with Gasteiger partial charge in [-0.3, -0.25) is 9.97 Å². The molecule has 3 aromatic rings. The van der Waals surface area contributed by atoms with Gasteiger partial charge < -0.3 is 14.6 Å². The Morgan fingerprint density at radius 1 is 1.06 bits per heavy atom. The molecule has 0 radical (unpaired) electrons. The minimum atomic E-state index is -0.587. The summed E-state index contributed by atoms with van der Waals surface area (Å²) in [5, 5.41) is 3.04. The van der Waals surface area contributed by atoms with Crippen molar-refractivity contribution in [3.05, 3.63) is 66.5 Å². The van der Waals surface area contributed by atoms with Crippen LogP contribution >= 0.6 is 0 Å². The average molecular weight is 422 g/mol. The molecule has 0 aliphatic rings. The molecule has 164 valence electrons. The van der Waals surface area contributed by atoms with Crippen molar-refractivity contribution >= 4 is 6.09 Å². The molecule has 1 N–H and O–H groups in total. The number of carbonyl (C=O) groups is 1. The van der Waals surface area contributed by atoms with E-state index in [0.29, 0.717) is 17.9 Å². The van der Waals surface area contributed by atoms with Gasteiger partial charge in [-0.15, -0.1) is 0 Å². The van der Waals surface area contributed by atoms with Gasteiger partial charge in [0.05, 0.1) is 12.2 Å². The van der Waals surface area contributed by atoms with Crippen molar-refractivity contribution < 1.29 is 9.53 Å². The zero-order chi connectivity index (χ0) is 22.6. The molecule has 7 nitrogen and oxygen atoms in total. The molecule has 1 aromatic carbocycles. The van der Waals surface area contributed by atoms with Gasteiger partial charge in [0, 0.05) is 25.1 Å². The van der Waals surface area contributed by atoms with Gasteiger partial charge in [-0.25, -0.2) is 9.78 Å². The van der Waals surface area contributed by atoms with Crippen molar-refractivity contribution in [1.29, 1.82) is 0 Å². The van der Waals surface area contributed by atoms with Gasteiger partial charge in [0.1, 0.15) is 22.8 Å². The van der Waals surface area contributed by atoms with Crippen molar-refractivity contribution in [1.82, 2.24) is 24.8 Å². The fraction of sp³-hybridized carbons (Fsp3) is 0.417. The zero-order valence-corrected chi connectivity index (χ0v) is 19.1. The van der Waals surface area contributed by atoms with E-state index in [1.54, 1.807) is 18.6 Å². The number of alkyl carbamates (subject to hydrolysis) is 1. The molecule has 0 saturated heterocycles. The summed E-state index contributed by atoms with van der Waals surface area (Å²) in [6.45, 7) is 12.4. The van der Waals surface area contributed by atoms with Crippen LogP contribution in [0.3, 0.4) is 0 Å². The lowest BCUT2D eigenvalue weighted by Gasteiger charge is -2.32. The molecular weight excluding hydrogens is 390 g/mol. The Kier molecular flexibility index (Phi) is 6.43. The summed E-state index contributed by atoms with van der Waals surface area (Å²) >= 11 is 0. The Morgan fingerprint density at radius 2 is 1.77 bits per heavy atom. The minimum absolute atomic E-state index is 0.309. The number of nitrogens with one attached hydrogen (secondary N) is 1. The third-order valence-electron chi connectivity index (χ3n) is 4.61. The van der Waals surface area contributed by atoms with E-state index in [1.165, 1.54) is 0 Å². The Morgan fingerprint density at radius 3 is 2.35 bits per heavy atom. The second-order valence-electron chi connectivity index (χ2n) is 9.63. The third kappa shape index (κ3) is 6.13. The number of hydrogen-bond acceptors (Lipinski definition) is 5. The van der Waals surface area contributed by atoms with Gasteiger partial charge in [-0.2, -0.15) is 0 Å². The number of ether oxygens (including phenoxy) is 1. The predicted octanol–water partition coefficient (Wildman–Crippen LogP) is 5.00. The first kappa shape index (κ1) is 22.5. The van der Waals surface area contributed by atoms with E-state index in [4.69, 9.17) is 9.72 Å². The first-order chi connectivity index (χ1) is 14.5. The van der Waals surface area contributed by atoms with E-state index in [1.807, 2.05) is 45.2 Å². The van der Waals surface area contributed by atoms with Crippen molar-refractivity contribution in [2.24, 2.45) is 5.41 Å². The van der Waals surface area contributed by atoms with Gasteiger partial charge in [0.25, 0.3) is 0 Å². The van der Waals surface area contributed by atoms with Crippen LogP contribution in [0.25, 0.3) is 11.4 Å². The highest BCUT2D eigenvalue weighted by molar-refractivity contribution is 5.68. The second-order valence-corrected chi connectivity index (χ2v) is 9.63. The van der Waals surface area contributed by atoms with Crippen LogP contribution in [-0.4, -0.2) is 31.2 Å².